The normalized spacial score (nSPS) is 11.2. The molecule has 0 aliphatic rings. The first-order chi connectivity index (χ1) is 7.75. The molecule has 0 N–H and O–H groups in total. The molecule has 0 aliphatic carbocycles. The molecule has 0 aromatic heterocycles. The van der Waals surface area contributed by atoms with E-state index in [0.717, 1.165) is 25.0 Å². The van der Waals surface area contributed by atoms with Crippen LogP contribution in [0, 0.1) is 0 Å². The molecule has 1 rings (SSSR count). The third-order valence-corrected chi connectivity index (χ3v) is 2.97. The zero-order chi connectivity index (χ0) is 11.8. The van der Waals surface area contributed by atoms with Crippen molar-refractivity contribution in [3.8, 4) is 0 Å². The molecule has 0 heterocycles. The van der Waals surface area contributed by atoms with Gasteiger partial charge in [-0.05, 0) is 18.1 Å². The lowest BCUT2D eigenvalue weighted by Crippen LogP contribution is -1.92. The molecule has 0 saturated heterocycles. The Balaban J connectivity index is 2.41. The summed E-state index contributed by atoms with van der Waals surface area (Å²) in [5, 5.41) is 1.17. The Bertz CT molecular complexity index is 348. The molecule has 88 valence electrons. The van der Waals surface area contributed by atoms with E-state index < -0.39 is 0 Å². The lowest BCUT2D eigenvalue weighted by molar-refractivity contribution is 0.159. The van der Waals surface area contributed by atoms with Crippen LogP contribution in [0.15, 0.2) is 24.3 Å². The molecule has 0 fully saturated rings. The lowest BCUT2D eigenvalue weighted by atomic mass is 10.2. The van der Waals surface area contributed by atoms with Crippen LogP contribution in [0.4, 0.5) is 0 Å². The number of ether oxygens (including phenoxy) is 1. The molecule has 0 amide bonds. The van der Waals surface area contributed by atoms with E-state index in [1.807, 2.05) is 24.3 Å². The first-order valence-corrected chi connectivity index (χ1v) is 6.19. The molecule has 0 radical (unpaired) electrons. The second-order valence-electron chi connectivity index (χ2n) is 3.47. The SMILES string of the molecule is CCCCOCC=Cc1cccc(Cl)c1Cl. The Morgan fingerprint density at radius 2 is 2.12 bits per heavy atom. The van der Waals surface area contributed by atoms with Crippen LogP contribution in [-0.2, 0) is 4.74 Å². The maximum absolute atomic E-state index is 6.03. The van der Waals surface area contributed by atoms with E-state index in [1.54, 1.807) is 6.07 Å². The van der Waals surface area contributed by atoms with Crippen LogP contribution in [0.3, 0.4) is 0 Å². The van der Waals surface area contributed by atoms with Crippen LogP contribution < -0.4 is 0 Å². The Labute approximate surface area is 107 Å². The molecular weight excluding hydrogens is 243 g/mol. The van der Waals surface area contributed by atoms with Gasteiger partial charge in [0.05, 0.1) is 16.7 Å². The second kappa shape index (κ2) is 7.72. The van der Waals surface area contributed by atoms with Gasteiger partial charge < -0.3 is 4.74 Å². The van der Waals surface area contributed by atoms with Gasteiger partial charge in [0.15, 0.2) is 0 Å². The summed E-state index contributed by atoms with van der Waals surface area (Å²) >= 11 is 11.9. The number of halogens is 2. The lowest BCUT2D eigenvalue weighted by Gasteiger charge is -2.01. The summed E-state index contributed by atoms with van der Waals surface area (Å²) in [5.74, 6) is 0. The zero-order valence-corrected chi connectivity index (χ0v) is 10.9. The van der Waals surface area contributed by atoms with E-state index in [1.165, 1.54) is 0 Å². The van der Waals surface area contributed by atoms with Gasteiger partial charge in [-0.1, -0.05) is 60.8 Å². The predicted molar refractivity (Wildman–Crippen MR) is 71.2 cm³/mol. The molecule has 0 atom stereocenters. The smallest absolute Gasteiger partial charge is 0.0664 e. The highest BCUT2D eigenvalue weighted by Crippen LogP contribution is 2.26. The molecule has 1 nitrogen and oxygen atoms in total. The van der Waals surface area contributed by atoms with Crippen molar-refractivity contribution in [1.29, 1.82) is 0 Å². The van der Waals surface area contributed by atoms with Crippen LogP contribution in [0.5, 0.6) is 0 Å². The molecule has 16 heavy (non-hydrogen) atoms. The Morgan fingerprint density at radius 1 is 1.31 bits per heavy atom. The molecule has 0 spiro atoms. The minimum absolute atomic E-state index is 0.579. The molecule has 3 heteroatoms. The topological polar surface area (TPSA) is 9.23 Å². The Kier molecular flexibility index (Phi) is 6.55. The van der Waals surface area contributed by atoms with Crippen LogP contribution in [0.1, 0.15) is 25.3 Å². The summed E-state index contributed by atoms with van der Waals surface area (Å²) in [7, 11) is 0. The van der Waals surface area contributed by atoms with Gasteiger partial charge in [-0.2, -0.15) is 0 Å². The third kappa shape index (κ3) is 4.56. The van der Waals surface area contributed by atoms with E-state index in [0.29, 0.717) is 16.7 Å². The Hall–Kier alpha value is -0.500. The number of unbranched alkanes of at least 4 members (excludes halogenated alkanes) is 1. The van der Waals surface area contributed by atoms with Crippen LogP contribution in [-0.4, -0.2) is 13.2 Å². The standard InChI is InChI=1S/C13H16Cl2O/c1-2-3-9-16-10-5-7-11-6-4-8-12(14)13(11)15/h4-8H,2-3,9-10H2,1H3. The van der Waals surface area contributed by atoms with Crippen molar-refractivity contribution in [3.63, 3.8) is 0 Å². The summed E-state index contributed by atoms with van der Waals surface area (Å²) < 4.78 is 5.40. The number of hydrogen-bond acceptors (Lipinski definition) is 1. The second-order valence-corrected chi connectivity index (χ2v) is 4.26. The largest absolute Gasteiger partial charge is 0.377 e. The number of hydrogen-bond donors (Lipinski definition) is 0. The molecule has 0 unspecified atom stereocenters. The molecule has 0 saturated carbocycles. The van der Waals surface area contributed by atoms with Gasteiger partial charge in [0.2, 0.25) is 0 Å². The highest BCUT2D eigenvalue weighted by atomic mass is 35.5. The van der Waals surface area contributed by atoms with Crippen molar-refractivity contribution < 1.29 is 4.74 Å². The number of rotatable bonds is 6. The minimum Gasteiger partial charge on any atom is -0.377 e. The van der Waals surface area contributed by atoms with E-state index in [4.69, 9.17) is 27.9 Å². The van der Waals surface area contributed by atoms with Crippen molar-refractivity contribution in [3.05, 3.63) is 39.9 Å². The summed E-state index contributed by atoms with van der Waals surface area (Å²) in [6.07, 6.45) is 6.14. The minimum atomic E-state index is 0.579. The fraction of sp³-hybridized carbons (Fsp3) is 0.385. The molecular formula is C13H16Cl2O. The van der Waals surface area contributed by atoms with Crippen LogP contribution in [0.25, 0.3) is 6.08 Å². The van der Waals surface area contributed by atoms with Crippen molar-refractivity contribution in [2.24, 2.45) is 0 Å². The van der Waals surface area contributed by atoms with Crippen molar-refractivity contribution in [2.45, 2.75) is 19.8 Å². The van der Waals surface area contributed by atoms with Gasteiger partial charge in [0, 0.05) is 6.61 Å². The maximum Gasteiger partial charge on any atom is 0.0664 e. The third-order valence-electron chi connectivity index (χ3n) is 2.14. The quantitative estimate of drug-likeness (QED) is 0.665. The average Bonchev–Trinajstić information content (AvgIpc) is 2.29. The zero-order valence-electron chi connectivity index (χ0n) is 9.38. The maximum atomic E-state index is 6.03. The van der Waals surface area contributed by atoms with Gasteiger partial charge in [-0.25, -0.2) is 0 Å². The van der Waals surface area contributed by atoms with E-state index in [-0.39, 0.29) is 0 Å². The van der Waals surface area contributed by atoms with Crippen molar-refractivity contribution in [2.75, 3.05) is 13.2 Å². The van der Waals surface area contributed by atoms with Crippen LogP contribution in [0.2, 0.25) is 10.0 Å². The average molecular weight is 259 g/mol. The molecule has 1 aromatic carbocycles. The Morgan fingerprint density at radius 3 is 2.88 bits per heavy atom. The van der Waals surface area contributed by atoms with E-state index in [9.17, 15) is 0 Å². The fourth-order valence-corrected chi connectivity index (χ4v) is 1.59. The van der Waals surface area contributed by atoms with Gasteiger partial charge in [-0.3, -0.25) is 0 Å². The molecule has 0 aliphatic heterocycles. The molecule has 1 aromatic rings. The van der Waals surface area contributed by atoms with Gasteiger partial charge >= 0.3 is 0 Å². The summed E-state index contributed by atoms with van der Waals surface area (Å²) in [4.78, 5) is 0. The first-order valence-electron chi connectivity index (χ1n) is 5.44. The van der Waals surface area contributed by atoms with Crippen LogP contribution >= 0.6 is 23.2 Å². The summed E-state index contributed by atoms with van der Waals surface area (Å²) in [5.41, 5.74) is 0.924. The highest BCUT2D eigenvalue weighted by Gasteiger charge is 1.99. The summed E-state index contributed by atoms with van der Waals surface area (Å²) in [6.45, 7) is 3.57. The van der Waals surface area contributed by atoms with Gasteiger partial charge in [0.25, 0.3) is 0 Å². The molecule has 0 bridgehead atoms. The highest BCUT2D eigenvalue weighted by molar-refractivity contribution is 6.42. The number of benzene rings is 1. The van der Waals surface area contributed by atoms with Crippen molar-refractivity contribution >= 4 is 29.3 Å². The van der Waals surface area contributed by atoms with E-state index >= 15 is 0 Å². The monoisotopic (exact) mass is 258 g/mol. The fourth-order valence-electron chi connectivity index (χ4n) is 1.22. The first kappa shape index (κ1) is 13.6. The van der Waals surface area contributed by atoms with Gasteiger partial charge in [-0.15, -0.1) is 0 Å². The summed E-state index contributed by atoms with van der Waals surface area (Å²) in [6, 6.07) is 5.58. The van der Waals surface area contributed by atoms with Crippen molar-refractivity contribution in [1.82, 2.24) is 0 Å². The van der Waals surface area contributed by atoms with E-state index in [2.05, 4.69) is 6.92 Å². The predicted octanol–water partition coefficient (Wildman–Crippen LogP) is 4.82. The van der Waals surface area contributed by atoms with Gasteiger partial charge in [0.1, 0.15) is 0 Å².